The van der Waals surface area contributed by atoms with E-state index in [1.807, 2.05) is 0 Å². The number of carboxylic acid groups (broad SMARTS) is 1. The van der Waals surface area contributed by atoms with Gasteiger partial charge in [0.15, 0.2) is 5.84 Å². The number of carbonyl (C=O) groups excluding carboxylic acids is 1. The van der Waals surface area contributed by atoms with Crippen molar-refractivity contribution in [2.24, 2.45) is 4.40 Å². The predicted molar refractivity (Wildman–Crippen MR) is 83.7 cm³/mol. The minimum atomic E-state index is -3.58. The third-order valence-electron chi connectivity index (χ3n) is 3.92. The summed E-state index contributed by atoms with van der Waals surface area (Å²) in [6.07, 6.45) is 4.11. The van der Waals surface area contributed by atoms with E-state index in [2.05, 4.69) is 4.40 Å². The minimum Gasteiger partial charge on any atom is -0.481 e. The third kappa shape index (κ3) is 3.49. The van der Waals surface area contributed by atoms with E-state index < -0.39 is 22.1 Å². The number of sulfonamides is 1. The summed E-state index contributed by atoms with van der Waals surface area (Å²) in [6.45, 7) is 0.941. The average molecular weight is 355 g/mol. The van der Waals surface area contributed by atoms with Crippen LogP contribution in [-0.2, 0) is 24.3 Å². The van der Waals surface area contributed by atoms with Crippen LogP contribution in [0.1, 0.15) is 6.42 Å². The van der Waals surface area contributed by atoms with Crippen LogP contribution in [0.4, 0.5) is 0 Å². The minimum absolute atomic E-state index is 0.0967. The Morgan fingerprint density at radius 3 is 2.92 bits per heavy atom. The second kappa shape index (κ2) is 6.36. The molecule has 10 heteroatoms. The average Bonchev–Trinajstić information content (AvgIpc) is 2.52. The first-order valence-electron chi connectivity index (χ1n) is 7.46. The van der Waals surface area contributed by atoms with Gasteiger partial charge in [0, 0.05) is 25.8 Å². The van der Waals surface area contributed by atoms with Gasteiger partial charge < -0.3 is 19.6 Å². The number of amidine groups is 1. The lowest BCUT2D eigenvalue weighted by Gasteiger charge is -2.35. The number of ether oxygens (including phenoxy) is 1. The Morgan fingerprint density at radius 1 is 1.38 bits per heavy atom. The van der Waals surface area contributed by atoms with Gasteiger partial charge in [-0.1, -0.05) is 0 Å². The molecule has 3 heterocycles. The summed E-state index contributed by atoms with van der Waals surface area (Å²) in [6, 6.07) is 0. The fourth-order valence-corrected chi connectivity index (χ4v) is 3.76. The number of fused-ring (bicyclic) bond motifs is 1. The highest BCUT2D eigenvalue weighted by molar-refractivity contribution is 7.90. The van der Waals surface area contributed by atoms with Gasteiger partial charge in [0.1, 0.15) is 0 Å². The SMILES string of the molecule is O=C(O)CC1CN(C(=O)C2=CC=CN3CCS(=O)(=O)N=C23)CCO1. The molecule has 1 atom stereocenters. The molecule has 0 aromatic carbocycles. The molecule has 1 unspecified atom stereocenters. The van der Waals surface area contributed by atoms with E-state index in [0.717, 1.165) is 0 Å². The number of hydrogen-bond donors (Lipinski definition) is 1. The Balaban J connectivity index is 1.81. The first-order valence-corrected chi connectivity index (χ1v) is 9.07. The van der Waals surface area contributed by atoms with Crippen LogP contribution in [0, 0.1) is 0 Å². The number of carboxylic acids is 1. The third-order valence-corrected chi connectivity index (χ3v) is 5.07. The van der Waals surface area contributed by atoms with E-state index in [1.54, 1.807) is 17.2 Å². The summed E-state index contributed by atoms with van der Waals surface area (Å²) < 4.78 is 32.6. The zero-order valence-corrected chi connectivity index (χ0v) is 13.6. The molecule has 0 radical (unpaired) electrons. The largest absolute Gasteiger partial charge is 0.481 e. The summed E-state index contributed by atoms with van der Waals surface area (Å²) in [7, 11) is -3.58. The molecule has 1 N–H and O–H groups in total. The molecule has 1 saturated heterocycles. The standard InChI is InChI=1S/C14H17N3O6S/c18-12(19)8-10-9-17(4-6-23-10)14(20)11-2-1-3-16-5-7-24(21,22)15-13(11)16/h1-3,10H,4-9H2,(H,18,19). The van der Waals surface area contributed by atoms with Crippen molar-refractivity contribution in [2.45, 2.75) is 12.5 Å². The molecule has 9 nitrogen and oxygen atoms in total. The Bertz CT molecular complexity index is 754. The van der Waals surface area contributed by atoms with Crippen LogP contribution < -0.4 is 0 Å². The molecule has 0 aliphatic carbocycles. The topological polar surface area (TPSA) is 117 Å². The smallest absolute Gasteiger partial charge is 0.306 e. The molecule has 130 valence electrons. The monoisotopic (exact) mass is 355 g/mol. The number of carbonyl (C=O) groups is 2. The molecular formula is C14H17N3O6S. The van der Waals surface area contributed by atoms with Crippen molar-refractivity contribution in [3.63, 3.8) is 0 Å². The van der Waals surface area contributed by atoms with Crippen LogP contribution in [0.3, 0.4) is 0 Å². The van der Waals surface area contributed by atoms with Gasteiger partial charge >= 0.3 is 5.97 Å². The van der Waals surface area contributed by atoms with Crippen molar-refractivity contribution in [2.75, 3.05) is 32.0 Å². The fourth-order valence-electron chi connectivity index (χ4n) is 2.78. The lowest BCUT2D eigenvalue weighted by atomic mass is 10.1. The zero-order valence-electron chi connectivity index (χ0n) is 12.8. The molecule has 3 aliphatic heterocycles. The summed E-state index contributed by atoms with van der Waals surface area (Å²) in [4.78, 5) is 26.7. The van der Waals surface area contributed by atoms with E-state index in [1.165, 1.54) is 11.0 Å². The molecule has 0 bridgehead atoms. The van der Waals surface area contributed by atoms with Gasteiger partial charge in [-0.3, -0.25) is 9.59 Å². The second-order valence-electron chi connectivity index (χ2n) is 5.66. The van der Waals surface area contributed by atoms with Gasteiger partial charge in [-0.05, 0) is 12.2 Å². The maximum absolute atomic E-state index is 12.8. The molecule has 0 aromatic heterocycles. The zero-order chi connectivity index (χ0) is 17.3. The van der Waals surface area contributed by atoms with Crippen molar-refractivity contribution in [3.05, 3.63) is 23.9 Å². The lowest BCUT2D eigenvalue weighted by Crippen LogP contribution is -2.49. The second-order valence-corrected chi connectivity index (χ2v) is 7.41. The quantitative estimate of drug-likeness (QED) is 0.703. The Hall–Kier alpha value is -2.20. The van der Waals surface area contributed by atoms with Crippen LogP contribution in [0.2, 0.25) is 0 Å². The summed E-state index contributed by atoms with van der Waals surface area (Å²) in [5.74, 6) is -1.35. The molecule has 0 saturated carbocycles. The molecule has 3 aliphatic rings. The summed E-state index contributed by atoms with van der Waals surface area (Å²) >= 11 is 0. The van der Waals surface area contributed by atoms with Gasteiger partial charge in [0.05, 0.1) is 30.5 Å². The molecule has 0 aromatic rings. The van der Waals surface area contributed by atoms with Crippen molar-refractivity contribution < 1.29 is 27.9 Å². The van der Waals surface area contributed by atoms with E-state index in [-0.39, 0.29) is 49.2 Å². The number of nitrogens with zero attached hydrogens (tertiary/aromatic N) is 3. The van der Waals surface area contributed by atoms with Gasteiger partial charge in [-0.15, -0.1) is 4.40 Å². The Labute approximate surface area is 138 Å². The normalized spacial score (nSPS) is 25.6. The van der Waals surface area contributed by atoms with E-state index >= 15 is 0 Å². The van der Waals surface area contributed by atoms with Crippen LogP contribution in [0.15, 0.2) is 28.3 Å². The van der Waals surface area contributed by atoms with Crippen LogP contribution in [0.5, 0.6) is 0 Å². The van der Waals surface area contributed by atoms with Crippen molar-refractivity contribution in [1.82, 2.24) is 9.80 Å². The van der Waals surface area contributed by atoms with Crippen LogP contribution >= 0.6 is 0 Å². The molecule has 24 heavy (non-hydrogen) atoms. The van der Waals surface area contributed by atoms with Gasteiger partial charge in [0.25, 0.3) is 15.9 Å². The fraction of sp³-hybridized carbons (Fsp3) is 0.500. The van der Waals surface area contributed by atoms with Gasteiger partial charge in [-0.25, -0.2) is 8.42 Å². The Morgan fingerprint density at radius 2 is 2.17 bits per heavy atom. The molecule has 3 rings (SSSR count). The van der Waals surface area contributed by atoms with Crippen LogP contribution in [-0.4, -0.2) is 79.1 Å². The lowest BCUT2D eigenvalue weighted by molar-refractivity contribution is -0.146. The highest BCUT2D eigenvalue weighted by Crippen LogP contribution is 2.21. The summed E-state index contributed by atoms with van der Waals surface area (Å²) in [5.41, 5.74) is 0.191. The van der Waals surface area contributed by atoms with Crippen molar-refractivity contribution in [3.8, 4) is 0 Å². The number of amides is 1. The number of rotatable bonds is 3. The van der Waals surface area contributed by atoms with Crippen molar-refractivity contribution >= 4 is 27.7 Å². The first kappa shape index (κ1) is 16.7. The first-order chi connectivity index (χ1) is 11.4. The maximum atomic E-state index is 12.8. The Kier molecular flexibility index (Phi) is 4.41. The number of allylic oxidation sites excluding steroid dienone is 2. The van der Waals surface area contributed by atoms with Gasteiger partial charge in [0.2, 0.25) is 0 Å². The predicted octanol–water partition coefficient (Wildman–Crippen LogP) is -0.814. The molecule has 0 spiro atoms. The molecular weight excluding hydrogens is 338 g/mol. The highest BCUT2D eigenvalue weighted by Gasteiger charge is 2.34. The maximum Gasteiger partial charge on any atom is 0.306 e. The molecule has 1 amide bonds. The van der Waals surface area contributed by atoms with E-state index in [0.29, 0.717) is 6.54 Å². The molecule has 1 fully saturated rings. The number of morpholine rings is 1. The van der Waals surface area contributed by atoms with Crippen molar-refractivity contribution in [1.29, 1.82) is 0 Å². The summed E-state index contributed by atoms with van der Waals surface area (Å²) in [5, 5.41) is 8.85. The van der Waals surface area contributed by atoms with E-state index in [4.69, 9.17) is 9.84 Å². The highest BCUT2D eigenvalue weighted by atomic mass is 32.2. The van der Waals surface area contributed by atoms with Crippen LogP contribution in [0.25, 0.3) is 0 Å². The number of hydrogen-bond acceptors (Lipinski definition) is 6. The number of aliphatic carboxylic acids is 1. The van der Waals surface area contributed by atoms with Gasteiger partial charge in [-0.2, -0.15) is 0 Å². The van der Waals surface area contributed by atoms with E-state index in [9.17, 15) is 18.0 Å².